The zero-order valence-corrected chi connectivity index (χ0v) is 19.0. The summed E-state index contributed by atoms with van der Waals surface area (Å²) in [4.78, 5) is 39.2. The van der Waals surface area contributed by atoms with Gasteiger partial charge >= 0.3 is 11.8 Å². The molecule has 3 heterocycles. The number of hydrogen-bond acceptors (Lipinski definition) is 6. The Kier molecular flexibility index (Phi) is 5.90. The van der Waals surface area contributed by atoms with Crippen LogP contribution in [0, 0.1) is 6.92 Å². The standard InChI is InChI=1S/C23H30N6O3/c1-15-18-19(27-20(25-15)24-13-16-9-6-5-7-10-16)29(21(30)26-18)17-11-8-12-28(14-17)22(31)32-23(2,3)4/h5-7,9-10,17H,8,11-14H2,1-4H3,(H,26,30)(H,24,25,27)/t17-/m1/s1. The van der Waals surface area contributed by atoms with E-state index in [2.05, 4.69) is 20.3 Å². The quantitative estimate of drug-likeness (QED) is 0.645. The number of nitrogens with one attached hydrogen (secondary N) is 2. The number of aromatic amines is 1. The first-order valence-electron chi connectivity index (χ1n) is 11.0. The summed E-state index contributed by atoms with van der Waals surface area (Å²) in [6.45, 7) is 8.99. The number of amides is 1. The minimum Gasteiger partial charge on any atom is -0.444 e. The van der Waals surface area contributed by atoms with Crippen molar-refractivity contribution >= 4 is 23.2 Å². The van der Waals surface area contributed by atoms with E-state index in [0.29, 0.717) is 42.4 Å². The van der Waals surface area contributed by atoms with Gasteiger partial charge in [-0.3, -0.25) is 4.57 Å². The van der Waals surface area contributed by atoms with Gasteiger partial charge in [-0.2, -0.15) is 4.98 Å². The summed E-state index contributed by atoms with van der Waals surface area (Å²) in [6, 6.07) is 9.80. The average Bonchev–Trinajstić information content (AvgIpc) is 3.08. The number of anilines is 1. The van der Waals surface area contributed by atoms with Crippen LogP contribution in [0.15, 0.2) is 35.1 Å². The molecule has 0 bridgehead atoms. The molecule has 0 spiro atoms. The van der Waals surface area contributed by atoms with Crippen LogP contribution in [0.1, 0.15) is 50.9 Å². The molecule has 0 unspecified atom stereocenters. The highest BCUT2D eigenvalue weighted by Gasteiger charge is 2.30. The molecule has 2 N–H and O–H groups in total. The summed E-state index contributed by atoms with van der Waals surface area (Å²) in [5.41, 5.74) is 2.17. The molecule has 0 saturated carbocycles. The number of aromatic nitrogens is 4. The number of H-pyrrole nitrogens is 1. The molecule has 0 aliphatic carbocycles. The predicted molar refractivity (Wildman–Crippen MR) is 123 cm³/mol. The van der Waals surface area contributed by atoms with Gasteiger partial charge < -0.3 is 19.9 Å². The summed E-state index contributed by atoms with van der Waals surface area (Å²) >= 11 is 0. The summed E-state index contributed by atoms with van der Waals surface area (Å²) in [5.74, 6) is 0.464. The number of likely N-dealkylation sites (tertiary alicyclic amines) is 1. The maximum atomic E-state index is 12.9. The first-order chi connectivity index (χ1) is 15.2. The van der Waals surface area contributed by atoms with E-state index in [1.54, 1.807) is 9.47 Å². The van der Waals surface area contributed by atoms with Crippen molar-refractivity contribution in [2.45, 2.75) is 58.7 Å². The molecule has 1 atom stereocenters. The van der Waals surface area contributed by atoms with Crippen molar-refractivity contribution in [1.82, 2.24) is 24.4 Å². The SMILES string of the molecule is Cc1nc(NCc2ccccc2)nc2c1[nH]c(=O)n2[C@@H]1CCCN(C(=O)OC(C)(C)C)C1. The number of piperidine rings is 1. The molecule has 9 nitrogen and oxygen atoms in total. The Morgan fingerprint density at radius 1 is 1.25 bits per heavy atom. The number of hydrogen-bond donors (Lipinski definition) is 2. The Morgan fingerprint density at radius 3 is 2.72 bits per heavy atom. The molecule has 1 aromatic carbocycles. The Labute approximate surface area is 186 Å². The van der Waals surface area contributed by atoms with E-state index in [-0.39, 0.29) is 17.8 Å². The van der Waals surface area contributed by atoms with Gasteiger partial charge in [-0.05, 0) is 46.1 Å². The lowest BCUT2D eigenvalue weighted by Gasteiger charge is -2.34. The van der Waals surface area contributed by atoms with Crippen LogP contribution < -0.4 is 11.0 Å². The lowest BCUT2D eigenvalue weighted by Crippen LogP contribution is -2.44. The highest BCUT2D eigenvalue weighted by Crippen LogP contribution is 2.26. The van der Waals surface area contributed by atoms with Gasteiger partial charge in [0.25, 0.3) is 0 Å². The maximum Gasteiger partial charge on any atom is 0.410 e. The van der Waals surface area contributed by atoms with Crippen molar-refractivity contribution in [3.63, 3.8) is 0 Å². The molecule has 1 amide bonds. The van der Waals surface area contributed by atoms with Gasteiger partial charge in [0, 0.05) is 19.6 Å². The van der Waals surface area contributed by atoms with Crippen LogP contribution in [0.5, 0.6) is 0 Å². The number of rotatable bonds is 4. The topological polar surface area (TPSA) is 105 Å². The van der Waals surface area contributed by atoms with Crippen molar-refractivity contribution in [2.75, 3.05) is 18.4 Å². The van der Waals surface area contributed by atoms with Crippen molar-refractivity contribution in [1.29, 1.82) is 0 Å². The molecule has 32 heavy (non-hydrogen) atoms. The van der Waals surface area contributed by atoms with Gasteiger partial charge in [-0.25, -0.2) is 14.6 Å². The molecule has 1 aliphatic heterocycles. The second kappa shape index (κ2) is 8.64. The molecule has 3 aromatic rings. The first-order valence-corrected chi connectivity index (χ1v) is 11.0. The fourth-order valence-corrected chi connectivity index (χ4v) is 3.99. The summed E-state index contributed by atoms with van der Waals surface area (Å²) in [7, 11) is 0. The van der Waals surface area contributed by atoms with E-state index in [0.717, 1.165) is 18.4 Å². The van der Waals surface area contributed by atoms with Gasteiger partial charge in [0.1, 0.15) is 11.1 Å². The number of carbonyl (C=O) groups is 1. The van der Waals surface area contributed by atoms with Crippen LogP contribution >= 0.6 is 0 Å². The van der Waals surface area contributed by atoms with Crippen LogP contribution in [-0.4, -0.2) is 49.2 Å². The van der Waals surface area contributed by atoms with E-state index in [1.165, 1.54) is 0 Å². The van der Waals surface area contributed by atoms with Crippen LogP contribution in [-0.2, 0) is 11.3 Å². The molecule has 1 aliphatic rings. The van der Waals surface area contributed by atoms with Crippen LogP contribution in [0.4, 0.5) is 10.7 Å². The van der Waals surface area contributed by atoms with Crippen molar-refractivity contribution in [2.24, 2.45) is 0 Å². The number of nitrogens with zero attached hydrogens (tertiary/aromatic N) is 4. The fraction of sp³-hybridized carbons (Fsp3) is 0.478. The van der Waals surface area contributed by atoms with Crippen LogP contribution in [0.2, 0.25) is 0 Å². The third-order valence-electron chi connectivity index (χ3n) is 5.46. The number of carbonyl (C=O) groups excluding carboxylic acids is 1. The number of benzene rings is 1. The molecule has 0 radical (unpaired) electrons. The van der Waals surface area contributed by atoms with Crippen molar-refractivity contribution in [3.05, 3.63) is 52.1 Å². The highest BCUT2D eigenvalue weighted by molar-refractivity contribution is 5.75. The van der Waals surface area contributed by atoms with E-state index >= 15 is 0 Å². The third-order valence-corrected chi connectivity index (χ3v) is 5.46. The van der Waals surface area contributed by atoms with E-state index in [9.17, 15) is 9.59 Å². The molecule has 9 heteroatoms. The van der Waals surface area contributed by atoms with Crippen molar-refractivity contribution < 1.29 is 9.53 Å². The summed E-state index contributed by atoms with van der Waals surface area (Å²) < 4.78 is 7.19. The summed E-state index contributed by atoms with van der Waals surface area (Å²) in [5, 5.41) is 3.25. The molecule has 1 saturated heterocycles. The minimum absolute atomic E-state index is 0.186. The Morgan fingerprint density at radius 2 is 2.00 bits per heavy atom. The zero-order valence-electron chi connectivity index (χ0n) is 19.0. The smallest absolute Gasteiger partial charge is 0.410 e. The van der Waals surface area contributed by atoms with Gasteiger partial charge in [0.15, 0.2) is 5.65 Å². The number of aryl methyl sites for hydroxylation is 1. The Balaban J connectivity index is 1.60. The zero-order chi connectivity index (χ0) is 22.9. The molecule has 2 aromatic heterocycles. The minimum atomic E-state index is -0.564. The molecule has 1 fully saturated rings. The van der Waals surface area contributed by atoms with Gasteiger partial charge in [0.05, 0.1) is 11.7 Å². The molecular weight excluding hydrogens is 408 g/mol. The second-order valence-electron chi connectivity index (χ2n) is 9.19. The largest absolute Gasteiger partial charge is 0.444 e. The lowest BCUT2D eigenvalue weighted by atomic mass is 10.1. The van der Waals surface area contributed by atoms with E-state index in [4.69, 9.17) is 4.74 Å². The van der Waals surface area contributed by atoms with Gasteiger partial charge in [-0.1, -0.05) is 30.3 Å². The average molecular weight is 439 g/mol. The van der Waals surface area contributed by atoms with Crippen LogP contribution in [0.3, 0.4) is 0 Å². The number of imidazole rings is 1. The highest BCUT2D eigenvalue weighted by atomic mass is 16.6. The van der Waals surface area contributed by atoms with Crippen molar-refractivity contribution in [3.8, 4) is 0 Å². The maximum absolute atomic E-state index is 12.9. The van der Waals surface area contributed by atoms with Gasteiger partial charge in [-0.15, -0.1) is 0 Å². The second-order valence-corrected chi connectivity index (χ2v) is 9.19. The fourth-order valence-electron chi connectivity index (χ4n) is 3.99. The lowest BCUT2D eigenvalue weighted by molar-refractivity contribution is 0.0172. The molecule has 4 rings (SSSR count). The Bertz CT molecular complexity index is 1160. The molecule has 170 valence electrons. The van der Waals surface area contributed by atoms with E-state index < -0.39 is 5.60 Å². The molecular formula is C23H30N6O3. The van der Waals surface area contributed by atoms with Crippen LogP contribution in [0.25, 0.3) is 11.2 Å². The predicted octanol–water partition coefficient (Wildman–Crippen LogP) is 3.61. The first kappa shape index (κ1) is 21.9. The number of fused-ring (bicyclic) bond motifs is 1. The van der Waals surface area contributed by atoms with E-state index in [1.807, 2.05) is 58.0 Å². The Hall–Kier alpha value is -3.36. The monoisotopic (exact) mass is 438 g/mol. The third kappa shape index (κ3) is 4.76. The number of ether oxygens (including phenoxy) is 1. The summed E-state index contributed by atoms with van der Waals surface area (Å²) in [6.07, 6.45) is 1.21. The van der Waals surface area contributed by atoms with Gasteiger partial charge in [0.2, 0.25) is 5.95 Å². The normalized spacial score (nSPS) is 16.9.